The van der Waals surface area contributed by atoms with Gasteiger partial charge in [-0.05, 0) is 19.4 Å². The molecule has 0 bridgehead atoms. The molecule has 1 heterocycles. The maximum absolute atomic E-state index is 12.1. The highest BCUT2D eigenvalue weighted by molar-refractivity contribution is 7.89. The molecule has 0 saturated carbocycles. The molecule has 0 unspecified atom stereocenters. The van der Waals surface area contributed by atoms with Gasteiger partial charge < -0.3 is 5.73 Å². The number of unbranched alkanes of at least 4 members (excludes halogenated alkanes) is 2. The van der Waals surface area contributed by atoms with E-state index in [1.807, 2.05) is 0 Å². The summed E-state index contributed by atoms with van der Waals surface area (Å²) >= 11 is 0. The number of sulfonamides is 1. The molecule has 0 amide bonds. The van der Waals surface area contributed by atoms with Crippen molar-refractivity contribution in [1.82, 2.24) is 14.1 Å². The summed E-state index contributed by atoms with van der Waals surface area (Å²) in [5.41, 5.74) is 5.38. The summed E-state index contributed by atoms with van der Waals surface area (Å²) in [5, 5.41) is 3.87. The first-order valence-electron chi connectivity index (χ1n) is 5.63. The smallest absolute Gasteiger partial charge is 0.245 e. The molecule has 0 atom stereocenters. The van der Waals surface area contributed by atoms with Crippen LogP contribution in [0.4, 0.5) is 0 Å². The van der Waals surface area contributed by atoms with Crippen LogP contribution in [0.15, 0.2) is 17.3 Å². The van der Waals surface area contributed by atoms with E-state index in [-0.39, 0.29) is 4.90 Å². The van der Waals surface area contributed by atoms with Gasteiger partial charge in [0.2, 0.25) is 10.0 Å². The van der Waals surface area contributed by atoms with Crippen molar-refractivity contribution >= 4 is 10.0 Å². The third-order valence-electron chi connectivity index (χ3n) is 2.57. The number of aromatic nitrogens is 2. The van der Waals surface area contributed by atoms with Gasteiger partial charge in [-0.15, -0.1) is 0 Å². The van der Waals surface area contributed by atoms with Crippen molar-refractivity contribution in [2.45, 2.75) is 24.2 Å². The van der Waals surface area contributed by atoms with Crippen LogP contribution in [-0.2, 0) is 17.1 Å². The van der Waals surface area contributed by atoms with Crippen LogP contribution in [0.5, 0.6) is 0 Å². The lowest BCUT2D eigenvalue weighted by Crippen LogP contribution is -2.27. The Balaban J connectivity index is 2.58. The zero-order chi connectivity index (χ0) is 12.9. The van der Waals surface area contributed by atoms with Gasteiger partial charge in [-0.2, -0.15) is 5.10 Å². The molecule has 7 heteroatoms. The summed E-state index contributed by atoms with van der Waals surface area (Å²) in [6, 6.07) is 0. The SMILES string of the molecule is CN(CCCCCN)S(=O)(=O)c1cnn(C)c1. The predicted octanol–water partition coefficient (Wildman–Crippen LogP) is 0.170. The van der Waals surface area contributed by atoms with Crippen LogP contribution in [0.3, 0.4) is 0 Å². The molecule has 6 nitrogen and oxygen atoms in total. The molecular formula is C10H20N4O2S. The molecule has 98 valence electrons. The number of rotatable bonds is 7. The molecule has 0 spiro atoms. The fraction of sp³-hybridized carbons (Fsp3) is 0.700. The molecule has 0 radical (unpaired) electrons. The summed E-state index contributed by atoms with van der Waals surface area (Å²) in [6.07, 6.45) is 5.58. The first-order valence-corrected chi connectivity index (χ1v) is 7.07. The highest BCUT2D eigenvalue weighted by Gasteiger charge is 2.21. The van der Waals surface area contributed by atoms with E-state index in [0.717, 1.165) is 19.3 Å². The third kappa shape index (κ3) is 3.79. The maximum atomic E-state index is 12.1. The lowest BCUT2D eigenvalue weighted by Gasteiger charge is -2.15. The van der Waals surface area contributed by atoms with E-state index < -0.39 is 10.0 Å². The van der Waals surface area contributed by atoms with Gasteiger partial charge in [-0.25, -0.2) is 12.7 Å². The minimum absolute atomic E-state index is 0.237. The van der Waals surface area contributed by atoms with Gasteiger partial charge in [0.25, 0.3) is 0 Å². The zero-order valence-corrected chi connectivity index (χ0v) is 11.2. The second-order valence-corrected chi connectivity index (χ2v) is 6.07. The Morgan fingerprint density at radius 1 is 1.41 bits per heavy atom. The lowest BCUT2D eigenvalue weighted by molar-refractivity contribution is 0.453. The molecule has 0 aliphatic carbocycles. The number of nitrogens with zero attached hydrogens (tertiary/aromatic N) is 3. The fourth-order valence-corrected chi connectivity index (χ4v) is 2.68. The van der Waals surface area contributed by atoms with Gasteiger partial charge in [0, 0.05) is 26.8 Å². The molecule has 0 aliphatic rings. The number of hydrogen-bond donors (Lipinski definition) is 1. The van der Waals surface area contributed by atoms with E-state index in [2.05, 4.69) is 5.10 Å². The Kier molecular flexibility index (Phi) is 5.10. The molecule has 0 fully saturated rings. The van der Waals surface area contributed by atoms with Crippen molar-refractivity contribution in [2.75, 3.05) is 20.1 Å². The molecular weight excluding hydrogens is 240 g/mol. The summed E-state index contributed by atoms with van der Waals surface area (Å²) in [5.74, 6) is 0. The Hall–Kier alpha value is -0.920. The average molecular weight is 260 g/mol. The van der Waals surface area contributed by atoms with Gasteiger partial charge >= 0.3 is 0 Å². The molecule has 1 aromatic rings. The van der Waals surface area contributed by atoms with E-state index in [1.165, 1.54) is 21.4 Å². The van der Waals surface area contributed by atoms with E-state index in [1.54, 1.807) is 14.1 Å². The summed E-state index contributed by atoms with van der Waals surface area (Å²) in [4.78, 5) is 0.237. The van der Waals surface area contributed by atoms with Crippen LogP contribution < -0.4 is 5.73 Å². The molecule has 0 aliphatic heterocycles. The van der Waals surface area contributed by atoms with E-state index >= 15 is 0 Å². The Morgan fingerprint density at radius 3 is 2.65 bits per heavy atom. The van der Waals surface area contributed by atoms with Crippen LogP contribution in [0.25, 0.3) is 0 Å². The molecule has 1 rings (SSSR count). The first kappa shape index (κ1) is 14.1. The topological polar surface area (TPSA) is 81.2 Å². The van der Waals surface area contributed by atoms with Crippen LogP contribution in [-0.4, -0.2) is 42.6 Å². The molecule has 17 heavy (non-hydrogen) atoms. The summed E-state index contributed by atoms with van der Waals surface area (Å²) < 4.78 is 27.0. The van der Waals surface area contributed by atoms with Crippen molar-refractivity contribution in [3.05, 3.63) is 12.4 Å². The van der Waals surface area contributed by atoms with Crippen molar-refractivity contribution < 1.29 is 8.42 Å². The lowest BCUT2D eigenvalue weighted by atomic mass is 10.2. The standard InChI is InChI=1S/C10H20N4O2S/c1-13-9-10(8-12-13)17(15,16)14(2)7-5-3-4-6-11/h8-9H,3-7,11H2,1-2H3. The Morgan fingerprint density at radius 2 is 2.12 bits per heavy atom. The molecule has 0 aromatic carbocycles. The summed E-state index contributed by atoms with van der Waals surface area (Å²) in [6.45, 7) is 1.16. The van der Waals surface area contributed by atoms with Gasteiger partial charge in [-0.1, -0.05) is 6.42 Å². The normalized spacial score (nSPS) is 12.2. The van der Waals surface area contributed by atoms with Crippen molar-refractivity contribution in [2.24, 2.45) is 12.8 Å². The van der Waals surface area contributed by atoms with Crippen LogP contribution in [0.2, 0.25) is 0 Å². The van der Waals surface area contributed by atoms with E-state index in [0.29, 0.717) is 13.1 Å². The van der Waals surface area contributed by atoms with E-state index in [4.69, 9.17) is 5.73 Å². The zero-order valence-electron chi connectivity index (χ0n) is 10.3. The average Bonchev–Trinajstić information content (AvgIpc) is 2.71. The van der Waals surface area contributed by atoms with Gasteiger partial charge in [0.1, 0.15) is 4.90 Å². The highest BCUT2D eigenvalue weighted by Crippen LogP contribution is 2.13. The maximum Gasteiger partial charge on any atom is 0.245 e. The minimum atomic E-state index is -3.39. The minimum Gasteiger partial charge on any atom is -0.330 e. The van der Waals surface area contributed by atoms with Crippen LogP contribution in [0.1, 0.15) is 19.3 Å². The Labute approximate surface area is 102 Å². The number of aryl methyl sites for hydroxylation is 1. The van der Waals surface area contributed by atoms with Crippen molar-refractivity contribution in [1.29, 1.82) is 0 Å². The quantitative estimate of drug-likeness (QED) is 0.709. The molecule has 1 aromatic heterocycles. The second kappa shape index (κ2) is 6.13. The highest BCUT2D eigenvalue weighted by atomic mass is 32.2. The Bertz CT molecular complexity index is 441. The van der Waals surface area contributed by atoms with Gasteiger partial charge in [-0.3, -0.25) is 4.68 Å². The third-order valence-corrected chi connectivity index (χ3v) is 4.38. The van der Waals surface area contributed by atoms with Crippen LogP contribution in [0, 0.1) is 0 Å². The van der Waals surface area contributed by atoms with Crippen LogP contribution >= 0.6 is 0 Å². The van der Waals surface area contributed by atoms with Gasteiger partial charge in [0.05, 0.1) is 6.20 Å². The monoisotopic (exact) mass is 260 g/mol. The second-order valence-electron chi connectivity index (χ2n) is 4.03. The predicted molar refractivity (Wildman–Crippen MR) is 65.9 cm³/mol. The summed E-state index contributed by atoms with van der Waals surface area (Å²) in [7, 11) is -0.104. The molecule has 2 N–H and O–H groups in total. The van der Waals surface area contributed by atoms with E-state index in [9.17, 15) is 8.42 Å². The fourth-order valence-electron chi connectivity index (χ4n) is 1.49. The number of hydrogen-bond acceptors (Lipinski definition) is 4. The van der Waals surface area contributed by atoms with Gasteiger partial charge in [0.15, 0.2) is 0 Å². The van der Waals surface area contributed by atoms with Crippen molar-refractivity contribution in [3.8, 4) is 0 Å². The van der Waals surface area contributed by atoms with Crippen molar-refractivity contribution in [3.63, 3.8) is 0 Å². The number of nitrogens with two attached hydrogens (primary N) is 1. The molecule has 0 saturated heterocycles. The first-order chi connectivity index (χ1) is 7.98. The largest absolute Gasteiger partial charge is 0.330 e.